The molecular weight excluding hydrogens is 265 g/mol. The lowest BCUT2D eigenvalue weighted by molar-refractivity contribution is 0.00578. The summed E-state index contributed by atoms with van der Waals surface area (Å²) in [6, 6.07) is 6.07. The monoisotopic (exact) mass is 285 g/mol. The quantitative estimate of drug-likeness (QED) is 0.796. The molecule has 1 fully saturated rings. The van der Waals surface area contributed by atoms with Gasteiger partial charge in [0.1, 0.15) is 6.26 Å². The Bertz CT molecular complexity index is 634. The molecule has 4 nitrogen and oxygen atoms in total. The van der Waals surface area contributed by atoms with E-state index in [1.165, 1.54) is 0 Å². The number of oxazole rings is 1. The molecule has 0 amide bonds. The van der Waals surface area contributed by atoms with Crippen LogP contribution in [0.15, 0.2) is 35.1 Å². The molecule has 21 heavy (non-hydrogen) atoms. The fraction of sp³-hybridized carbons (Fsp3) is 0.438. The summed E-state index contributed by atoms with van der Waals surface area (Å²) in [5.41, 5.74) is 2.38. The van der Waals surface area contributed by atoms with Crippen LogP contribution in [0.4, 0.5) is 0 Å². The fourth-order valence-electron chi connectivity index (χ4n) is 2.36. The van der Waals surface area contributed by atoms with Crippen molar-refractivity contribution >= 4 is 12.6 Å². The van der Waals surface area contributed by atoms with Crippen LogP contribution in [0.3, 0.4) is 0 Å². The summed E-state index contributed by atoms with van der Waals surface area (Å²) < 4.78 is 17.6. The zero-order valence-corrected chi connectivity index (χ0v) is 13.1. The third kappa shape index (κ3) is 2.41. The molecule has 2 heterocycles. The first-order valence-corrected chi connectivity index (χ1v) is 7.16. The molecule has 3 rings (SSSR count). The topological polar surface area (TPSA) is 44.5 Å². The lowest BCUT2D eigenvalue weighted by atomic mass is 9.75. The maximum atomic E-state index is 6.13. The molecule has 0 spiro atoms. The van der Waals surface area contributed by atoms with Crippen molar-refractivity contribution in [3.63, 3.8) is 0 Å². The second-order valence-electron chi connectivity index (χ2n) is 6.50. The van der Waals surface area contributed by atoms with Crippen molar-refractivity contribution in [2.45, 2.75) is 45.8 Å². The summed E-state index contributed by atoms with van der Waals surface area (Å²) in [5.74, 6) is 0.604. The highest BCUT2D eigenvalue weighted by Gasteiger charge is 2.52. The van der Waals surface area contributed by atoms with Crippen LogP contribution in [-0.2, 0) is 9.31 Å². The summed E-state index contributed by atoms with van der Waals surface area (Å²) >= 11 is 0. The van der Waals surface area contributed by atoms with Crippen LogP contribution in [0.25, 0.3) is 11.5 Å². The Morgan fingerprint density at radius 2 is 1.71 bits per heavy atom. The summed E-state index contributed by atoms with van der Waals surface area (Å²) in [6.07, 6.45) is 3.22. The predicted molar refractivity (Wildman–Crippen MR) is 82.4 cm³/mol. The highest BCUT2D eigenvalue weighted by molar-refractivity contribution is 6.62. The van der Waals surface area contributed by atoms with Crippen LogP contribution >= 0.6 is 0 Å². The predicted octanol–water partition coefficient (Wildman–Crippen LogP) is 2.95. The molecule has 2 aromatic rings. The second-order valence-corrected chi connectivity index (χ2v) is 6.50. The molecule has 1 aliphatic rings. The Kier molecular flexibility index (Phi) is 3.22. The maximum absolute atomic E-state index is 6.13. The van der Waals surface area contributed by atoms with Gasteiger partial charge in [0.15, 0.2) is 0 Å². The number of aryl methyl sites for hydroxylation is 1. The normalized spacial score (nSPS) is 20.0. The van der Waals surface area contributed by atoms with Gasteiger partial charge in [0, 0.05) is 5.56 Å². The number of nitrogens with zero attached hydrogens (tertiary/aromatic N) is 1. The molecule has 110 valence electrons. The van der Waals surface area contributed by atoms with Gasteiger partial charge in [0.2, 0.25) is 5.89 Å². The first-order chi connectivity index (χ1) is 9.80. The molecule has 0 bridgehead atoms. The van der Waals surface area contributed by atoms with E-state index in [4.69, 9.17) is 13.7 Å². The molecule has 1 aliphatic heterocycles. The molecule has 0 atom stereocenters. The van der Waals surface area contributed by atoms with Crippen LogP contribution in [0.5, 0.6) is 0 Å². The first kappa shape index (κ1) is 14.4. The molecule has 1 aromatic heterocycles. The van der Waals surface area contributed by atoms with E-state index < -0.39 is 0 Å². The summed E-state index contributed by atoms with van der Waals surface area (Å²) in [4.78, 5) is 4.19. The van der Waals surface area contributed by atoms with Gasteiger partial charge in [0.25, 0.3) is 0 Å². The Hall–Kier alpha value is -1.59. The Morgan fingerprint density at radius 3 is 2.29 bits per heavy atom. The number of rotatable bonds is 2. The number of aromatic nitrogens is 1. The molecule has 1 saturated heterocycles. The van der Waals surface area contributed by atoms with Crippen molar-refractivity contribution in [2.24, 2.45) is 0 Å². The van der Waals surface area contributed by atoms with E-state index >= 15 is 0 Å². The third-order valence-electron chi connectivity index (χ3n) is 4.47. The summed E-state index contributed by atoms with van der Waals surface area (Å²) in [7, 11) is -0.370. The van der Waals surface area contributed by atoms with Gasteiger partial charge in [-0.1, -0.05) is 11.6 Å². The molecule has 0 N–H and O–H groups in total. The van der Waals surface area contributed by atoms with E-state index in [9.17, 15) is 0 Å². The summed E-state index contributed by atoms with van der Waals surface area (Å²) in [6.45, 7) is 10.3. The van der Waals surface area contributed by atoms with Gasteiger partial charge in [-0.2, -0.15) is 0 Å². The average molecular weight is 285 g/mol. The Morgan fingerprint density at radius 1 is 1.05 bits per heavy atom. The minimum absolute atomic E-state index is 0.344. The molecule has 1 aromatic carbocycles. The van der Waals surface area contributed by atoms with Crippen molar-refractivity contribution in [3.8, 4) is 11.5 Å². The molecule has 0 saturated carbocycles. The lowest BCUT2D eigenvalue weighted by Crippen LogP contribution is -2.41. The average Bonchev–Trinajstić information content (AvgIpc) is 2.97. The van der Waals surface area contributed by atoms with Crippen molar-refractivity contribution in [1.82, 2.24) is 4.98 Å². The third-order valence-corrected chi connectivity index (χ3v) is 4.47. The van der Waals surface area contributed by atoms with E-state index in [0.717, 1.165) is 16.6 Å². The molecule has 0 aliphatic carbocycles. The lowest BCUT2D eigenvalue weighted by Gasteiger charge is -2.32. The van der Waals surface area contributed by atoms with Crippen LogP contribution in [0.1, 0.15) is 33.3 Å². The fourth-order valence-corrected chi connectivity index (χ4v) is 2.36. The number of hydrogen-bond donors (Lipinski definition) is 0. The highest BCUT2D eigenvalue weighted by Crippen LogP contribution is 2.36. The van der Waals surface area contributed by atoms with E-state index in [-0.39, 0.29) is 18.3 Å². The largest absolute Gasteiger partial charge is 0.495 e. The van der Waals surface area contributed by atoms with E-state index in [1.807, 2.05) is 18.2 Å². The van der Waals surface area contributed by atoms with Gasteiger partial charge in [0.05, 0.1) is 17.4 Å². The van der Waals surface area contributed by atoms with Crippen molar-refractivity contribution in [2.75, 3.05) is 0 Å². The first-order valence-electron chi connectivity index (χ1n) is 7.16. The zero-order valence-electron chi connectivity index (χ0n) is 13.1. The van der Waals surface area contributed by atoms with Gasteiger partial charge in [-0.25, -0.2) is 4.98 Å². The van der Waals surface area contributed by atoms with E-state index in [2.05, 4.69) is 39.6 Å². The SMILES string of the molecule is Cc1ccc(-c2ncco2)cc1B1OC(C)(C)C(C)(C)O1. The zero-order chi connectivity index (χ0) is 15.3. The minimum atomic E-state index is -0.370. The molecule has 0 unspecified atom stereocenters. The Labute approximate surface area is 125 Å². The van der Waals surface area contributed by atoms with Gasteiger partial charge >= 0.3 is 7.12 Å². The second kappa shape index (κ2) is 4.72. The standard InChI is InChI=1S/C16H20BNO3/c1-11-6-7-12(14-18-8-9-19-14)10-13(11)17-20-15(2,3)16(4,5)21-17/h6-10H,1-5H3. The van der Waals surface area contributed by atoms with Crippen LogP contribution in [-0.4, -0.2) is 23.3 Å². The number of hydrogen-bond acceptors (Lipinski definition) is 4. The van der Waals surface area contributed by atoms with Crippen LogP contribution in [0, 0.1) is 6.92 Å². The minimum Gasteiger partial charge on any atom is -0.445 e. The number of benzene rings is 1. The summed E-state index contributed by atoms with van der Waals surface area (Å²) in [5, 5.41) is 0. The van der Waals surface area contributed by atoms with Gasteiger partial charge in [-0.3, -0.25) is 0 Å². The van der Waals surface area contributed by atoms with Crippen molar-refractivity contribution in [3.05, 3.63) is 36.2 Å². The van der Waals surface area contributed by atoms with Crippen LogP contribution < -0.4 is 5.46 Å². The highest BCUT2D eigenvalue weighted by atomic mass is 16.7. The van der Waals surface area contributed by atoms with Crippen molar-refractivity contribution < 1.29 is 13.7 Å². The van der Waals surface area contributed by atoms with Gasteiger partial charge < -0.3 is 13.7 Å². The van der Waals surface area contributed by atoms with Gasteiger partial charge in [-0.05, 0) is 52.2 Å². The van der Waals surface area contributed by atoms with E-state index in [0.29, 0.717) is 5.89 Å². The van der Waals surface area contributed by atoms with Gasteiger partial charge in [-0.15, -0.1) is 0 Å². The van der Waals surface area contributed by atoms with E-state index in [1.54, 1.807) is 12.5 Å². The van der Waals surface area contributed by atoms with Crippen molar-refractivity contribution in [1.29, 1.82) is 0 Å². The Balaban J connectivity index is 1.98. The maximum Gasteiger partial charge on any atom is 0.495 e. The molecular formula is C16H20BNO3. The van der Waals surface area contributed by atoms with Crippen LogP contribution in [0.2, 0.25) is 0 Å². The smallest absolute Gasteiger partial charge is 0.445 e. The molecule has 0 radical (unpaired) electrons. The molecule has 5 heteroatoms.